The first-order chi connectivity index (χ1) is 12.6. The lowest BCUT2D eigenvalue weighted by molar-refractivity contribution is -0.114. The normalized spacial score (nSPS) is 10.4. The van der Waals surface area contributed by atoms with Crippen LogP contribution in [0.5, 0.6) is 11.5 Å². The molecule has 1 amide bonds. The maximum atomic E-state index is 11.3. The first kappa shape index (κ1) is 17.5. The fourth-order valence-electron chi connectivity index (χ4n) is 2.81. The third-order valence-electron chi connectivity index (χ3n) is 3.96. The van der Waals surface area contributed by atoms with Gasteiger partial charge in [0.15, 0.2) is 11.5 Å². The molecule has 0 aliphatic rings. The van der Waals surface area contributed by atoms with Crippen LogP contribution in [0.3, 0.4) is 0 Å². The number of amides is 1. The molecule has 0 radical (unpaired) electrons. The quantitative estimate of drug-likeness (QED) is 0.737. The maximum absolute atomic E-state index is 11.3. The zero-order valence-corrected chi connectivity index (χ0v) is 15.0. The second-order valence-electron chi connectivity index (χ2n) is 5.83. The van der Waals surface area contributed by atoms with E-state index in [2.05, 4.69) is 10.3 Å². The highest BCUT2D eigenvalue weighted by Crippen LogP contribution is 2.29. The van der Waals surface area contributed by atoms with Crippen molar-refractivity contribution < 1.29 is 14.3 Å². The number of imidazole rings is 1. The number of hydrogen-bond acceptors (Lipinski definition) is 4. The third kappa shape index (κ3) is 3.85. The van der Waals surface area contributed by atoms with E-state index in [0.29, 0.717) is 18.0 Å². The van der Waals surface area contributed by atoms with Crippen LogP contribution in [-0.2, 0) is 11.3 Å². The number of nitrogens with one attached hydrogen (secondary N) is 1. The van der Waals surface area contributed by atoms with E-state index in [1.807, 2.05) is 53.2 Å². The van der Waals surface area contributed by atoms with Crippen LogP contribution in [0.1, 0.15) is 12.5 Å². The molecule has 134 valence electrons. The van der Waals surface area contributed by atoms with E-state index in [-0.39, 0.29) is 5.91 Å². The van der Waals surface area contributed by atoms with E-state index in [1.54, 1.807) is 20.4 Å². The van der Waals surface area contributed by atoms with Gasteiger partial charge in [-0.15, -0.1) is 0 Å². The van der Waals surface area contributed by atoms with Crippen LogP contribution in [0.4, 0.5) is 5.69 Å². The van der Waals surface area contributed by atoms with Crippen molar-refractivity contribution in [2.75, 3.05) is 19.5 Å². The van der Waals surface area contributed by atoms with Gasteiger partial charge >= 0.3 is 0 Å². The minimum Gasteiger partial charge on any atom is -0.493 e. The second-order valence-corrected chi connectivity index (χ2v) is 5.83. The van der Waals surface area contributed by atoms with Crippen molar-refractivity contribution in [2.24, 2.45) is 0 Å². The Balaban J connectivity index is 1.89. The first-order valence-corrected chi connectivity index (χ1v) is 8.20. The summed E-state index contributed by atoms with van der Waals surface area (Å²) in [4.78, 5) is 15.8. The van der Waals surface area contributed by atoms with Crippen LogP contribution in [0, 0.1) is 0 Å². The van der Waals surface area contributed by atoms with Gasteiger partial charge in [0, 0.05) is 37.1 Å². The summed E-state index contributed by atoms with van der Waals surface area (Å²) in [6.45, 7) is 2.13. The van der Waals surface area contributed by atoms with Crippen molar-refractivity contribution in [1.29, 1.82) is 0 Å². The standard InChI is InChI=1S/C20H21N3O3/c1-14(24)22-17-6-4-5-16(12-17)20-21-9-10-23(20)13-15-7-8-18(25-2)19(11-15)26-3/h4-12H,13H2,1-3H3,(H,22,24). The van der Waals surface area contributed by atoms with E-state index in [0.717, 1.165) is 22.6 Å². The maximum Gasteiger partial charge on any atom is 0.221 e. The summed E-state index contributed by atoms with van der Waals surface area (Å²) in [5.41, 5.74) is 2.75. The number of anilines is 1. The average Bonchev–Trinajstić information content (AvgIpc) is 3.09. The van der Waals surface area contributed by atoms with Crippen LogP contribution in [0.25, 0.3) is 11.4 Å². The summed E-state index contributed by atoms with van der Waals surface area (Å²) in [6, 6.07) is 13.5. The lowest BCUT2D eigenvalue weighted by atomic mass is 10.1. The highest BCUT2D eigenvalue weighted by Gasteiger charge is 2.10. The predicted molar refractivity (Wildman–Crippen MR) is 101 cm³/mol. The Labute approximate surface area is 152 Å². The Kier molecular flexibility index (Phi) is 5.22. The monoisotopic (exact) mass is 351 g/mol. The Hall–Kier alpha value is -3.28. The molecule has 6 heteroatoms. The molecule has 0 spiro atoms. The smallest absolute Gasteiger partial charge is 0.221 e. The van der Waals surface area contributed by atoms with Gasteiger partial charge in [-0.05, 0) is 29.8 Å². The molecule has 0 aliphatic heterocycles. The van der Waals surface area contributed by atoms with Crippen molar-refractivity contribution in [3.63, 3.8) is 0 Å². The molecule has 1 N–H and O–H groups in total. The van der Waals surface area contributed by atoms with Gasteiger partial charge in [0.05, 0.1) is 14.2 Å². The Morgan fingerprint density at radius 1 is 1.12 bits per heavy atom. The van der Waals surface area contributed by atoms with Crippen molar-refractivity contribution in [3.8, 4) is 22.9 Å². The summed E-state index contributed by atoms with van der Waals surface area (Å²) < 4.78 is 12.7. The summed E-state index contributed by atoms with van der Waals surface area (Å²) in [5.74, 6) is 2.12. The van der Waals surface area contributed by atoms with Crippen molar-refractivity contribution in [2.45, 2.75) is 13.5 Å². The summed E-state index contributed by atoms with van der Waals surface area (Å²) in [5, 5.41) is 2.80. The Bertz CT molecular complexity index is 918. The first-order valence-electron chi connectivity index (χ1n) is 8.20. The largest absolute Gasteiger partial charge is 0.493 e. The van der Waals surface area contributed by atoms with Crippen LogP contribution in [-0.4, -0.2) is 29.7 Å². The minimum atomic E-state index is -0.101. The molecule has 0 saturated heterocycles. The highest BCUT2D eigenvalue weighted by molar-refractivity contribution is 5.89. The average molecular weight is 351 g/mol. The molecule has 0 bridgehead atoms. The molecule has 0 aliphatic carbocycles. The lowest BCUT2D eigenvalue weighted by Gasteiger charge is -2.12. The van der Waals surface area contributed by atoms with E-state index < -0.39 is 0 Å². The van der Waals surface area contributed by atoms with E-state index in [1.165, 1.54) is 6.92 Å². The van der Waals surface area contributed by atoms with Crippen LogP contribution >= 0.6 is 0 Å². The number of nitrogens with zero attached hydrogens (tertiary/aromatic N) is 2. The number of rotatable bonds is 6. The zero-order valence-electron chi connectivity index (χ0n) is 15.0. The zero-order chi connectivity index (χ0) is 18.5. The second kappa shape index (κ2) is 7.74. The van der Waals surface area contributed by atoms with Crippen molar-refractivity contribution in [1.82, 2.24) is 9.55 Å². The van der Waals surface area contributed by atoms with Gasteiger partial charge in [-0.1, -0.05) is 18.2 Å². The number of benzene rings is 2. The molecule has 3 rings (SSSR count). The van der Waals surface area contributed by atoms with Gasteiger partial charge in [-0.3, -0.25) is 4.79 Å². The molecule has 0 unspecified atom stereocenters. The van der Waals surface area contributed by atoms with Crippen molar-refractivity contribution in [3.05, 3.63) is 60.4 Å². The van der Waals surface area contributed by atoms with Gasteiger partial charge in [-0.25, -0.2) is 4.98 Å². The Morgan fingerprint density at radius 2 is 1.92 bits per heavy atom. The van der Waals surface area contributed by atoms with Crippen LogP contribution in [0.15, 0.2) is 54.9 Å². The molecule has 1 heterocycles. The molecule has 3 aromatic rings. The lowest BCUT2D eigenvalue weighted by Crippen LogP contribution is -2.06. The van der Waals surface area contributed by atoms with Gasteiger partial charge in [0.25, 0.3) is 0 Å². The van der Waals surface area contributed by atoms with Crippen molar-refractivity contribution >= 4 is 11.6 Å². The van der Waals surface area contributed by atoms with Crippen LogP contribution in [0.2, 0.25) is 0 Å². The SMILES string of the molecule is COc1ccc(Cn2ccnc2-c2cccc(NC(C)=O)c2)cc1OC. The predicted octanol–water partition coefficient (Wildman–Crippen LogP) is 3.57. The summed E-state index contributed by atoms with van der Waals surface area (Å²) >= 11 is 0. The van der Waals surface area contributed by atoms with Gasteiger partial charge < -0.3 is 19.4 Å². The number of methoxy groups -OCH3 is 2. The van der Waals surface area contributed by atoms with Crippen LogP contribution < -0.4 is 14.8 Å². The number of carbonyl (C=O) groups is 1. The van der Waals surface area contributed by atoms with Gasteiger partial charge in [0.2, 0.25) is 5.91 Å². The topological polar surface area (TPSA) is 65.4 Å². The van der Waals surface area contributed by atoms with E-state index in [9.17, 15) is 4.79 Å². The molecule has 2 aromatic carbocycles. The summed E-state index contributed by atoms with van der Waals surface area (Å²) in [6.07, 6.45) is 3.69. The third-order valence-corrected chi connectivity index (χ3v) is 3.96. The molecule has 0 atom stereocenters. The van der Waals surface area contributed by atoms with Gasteiger partial charge in [-0.2, -0.15) is 0 Å². The number of carbonyl (C=O) groups excluding carboxylic acids is 1. The molecular formula is C20H21N3O3. The van der Waals surface area contributed by atoms with Gasteiger partial charge in [0.1, 0.15) is 5.82 Å². The fraction of sp³-hybridized carbons (Fsp3) is 0.200. The molecular weight excluding hydrogens is 330 g/mol. The molecule has 1 aromatic heterocycles. The fourth-order valence-corrected chi connectivity index (χ4v) is 2.81. The van der Waals surface area contributed by atoms with E-state index >= 15 is 0 Å². The number of hydrogen-bond donors (Lipinski definition) is 1. The highest BCUT2D eigenvalue weighted by atomic mass is 16.5. The molecule has 26 heavy (non-hydrogen) atoms. The summed E-state index contributed by atoms with van der Waals surface area (Å²) in [7, 11) is 3.24. The van der Waals surface area contributed by atoms with E-state index in [4.69, 9.17) is 9.47 Å². The number of aromatic nitrogens is 2. The Morgan fingerprint density at radius 3 is 2.65 bits per heavy atom. The molecule has 6 nitrogen and oxygen atoms in total. The number of ether oxygens (including phenoxy) is 2. The molecule has 0 fully saturated rings. The molecule has 0 saturated carbocycles. The minimum absolute atomic E-state index is 0.101.